The van der Waals surface area contributed by atoms with Gasteiger partial charge in [0.1, 0.15) is 6.17 Å². The number of amides is 1. The molecular formula is C19H19BrN2O3. The minimum absolute atomic E-state index is 0.118. The van der Waals surface area contributed by atoms with Gasteiger partial charge >= 0.3 is 0 Å². The Balaban J connectivity index is 1.81. The van der Waals surface area contributed by atoms with Gasteiger partial charge in [-0.2, -0.15) is 0 Å². The molecule has 1 saturated heterocycles. The van der Waals surface area contributed by atoms with Gasteiger partial charge in [-0.25, -0.2) is 0 Å². The van der Waals surface area contributed by atoms with Gasteiger partial charge in [-0.15, -0.1) is 0 Å². The molecule has 2 aromatic carbocycles. The molecule has 0 bridgehead atoms. The molecule has 25 heavy (non-hydrogen) atoms. The number of hydrogen-bond acceptors (Lipinski definition) is 4. The van der Waals surface area contributed by atoms with Crippen molar-refractivity contribution in [2.24, 2.45) is 0 Å². The third-order valence-corrected chi connectivity index (χ3v) is 4.62. The fourth-order valence-corrected chi connectivity index (χ4v) is 2.99. The van der Waals surface area contributed by atoms with Gasteiger partial charge < -0.3 is 10.1 Å². The van der Waals surface area contributed by atoms with Gasteiger partial charge in [-0.1, -0.05) is 46.3 Å². The average molecular weight is 403 g/mol. The number of nitrogens with one attached hydrogen (secondary N) is 1. The highest BCUT2D eigenvalue weighted by Gasteiger charge is 2.29. The summed E-state index contributed by atoms with van der Waals surface area (Å²) < 4.78 is 6.26. The molecule has 0 aliphatic carbocycles. The van der Waals surface area contributed by atoms with Crippen molar-refractivity contribution in [3.05, 3.63) is 70.2 Å². The predicted molar refractivity (Wildman–Crippen MR) is 98.6 cm³/mol. The summed E-state index contributed by atoms with van der Waals surface area (Å²) in [7, 11) is 0. The number of ether oxygens (including phenoxy) is 1. The molecule has 6 heteroatoms. The first kappa shape index (κ1) is 17.8. The molecule has 3 rings (SSSR count). The van der Waals surface area contributed by atoms with Crippen molar-refractivity contribution in [1.82, 2.24) is 10.2 Å². The second kappa shape index (κ2) is 8.38. The van der Waals surface area contributed by atoms with E-state index in [0.717, 1.165) is 4.47 Å². The number of carbonyl (C=O) groups is 2. The third-order valence-electron chi connectivity index (χ3n) is 4.09. The first-order valence-corrected chi connectivity index (χ1v) is 8.92. The quantitative estimate of drug-likeness (QED) is 0.781. The third kappa shape index (κ3) is 4.54. The summed E-state index contributed by atoms with van der Waals surface area (Å²) in [5.74, 6) is -0.388. The van der Waals surface area contributed by atoms with Crippen LogP contribution in [0.1, 0.15) is 20.7 Å². The smallest absolute Gasteiger partial charge is 0.252 e. The lowest BCUT2D eigenvalue weighted by Crippen LogP contribution is -2.56. The van der Waals surface area contributed by atoms with Crippen LogP contribution in [0.3, 0.4) is 0 Å². The Bertz CT molecular complexity index is 728. The molecule has 5 nitrogen and oxygen atoms in total. The van der Waals surface area contributed by atoms with Gasteiger partial charge in [0.15, 0.2) is 5.78 Å². The lowest BCUT2D eigenvalue weighted by molar-refractivity contribution is 0.0111. The number of hydrogen-bond donors (Lipinski definition) is 1. The minimum atomic E-state index is -0.706. The topological polar surface area (TPSA) is 58.6 Å². The second-order valence-corrected chi connectivity index (χ2v) is 6.68. The van der Waals surface area contributed by atoms with Crippen molar-refractivity contribution in [1.29, 1.82) is 0 Å². The largest absolute Gasteiger partial charge is 0.379 e. The van der Waals surface area contributed by atoms with Crippen LogP contribution in [0, 0.1) is 0 Å². The van der Waals surface area contributed by atoms with Gasteiger partial charge in [0.05, 0.1) is 13.2 Å². The zero-order chi connectivity index (χ0) is 17.6. The lowest BCUT2D eigenvalue weighted by atomic mass is 10.1. The maximum absolute atomic E-state index is 13.0. The predicted octanol–water partition coefficient (Wildman–Crippen LogP) is 2.72. The van der Waals surface area contributed by atoms with E-state index in [4.69, 9.17) is 4.74 Å². The van der Waals surface area contributed by atoms with E-state index >= 15 is 0 Å². The first-order chi connectivity index (χ1) is 12.1. The van der Waals surface area contributed by atoms with Gasteiger partial charge in [0.25, 0.3) is 5.91 Å². The van der Waals surface area contributed by atoms with E-state index < -0.39 is 6.17 Å². The van der Waals surface area contributed by atoms with Crippen molar-refractivity contribution in [3.8, 4) is 0 Å². The fourth-order valence-electron chi connectivity index (χ4n) is 2.73. The van der Waals surface area contributed by atoms with Crippen molar-refractivity contribution in [2.75, 3.05) is 26.3 Å². The SMILES string of the molecule is O=C(N[C@@H](C(=O)c1ccccc1)N1CCOCC1)c1ccc(Br)cc1. The highest BCUT2D eigenvalue weighted by Crippen LogP contribution is 2.13. The van der Waals surface area contributed by atoms with Crippen molar-refractivity contribution in [3.63, 3.8) is 0 Å². The average Bonchev–Trinajstić information content (AvgIpc) is 2.67. The molecule has 1 atom stereocenters. The molecule has 0 radical (unpaired) electrons. The number of ketones is 1. The zero-order valence-electron chi connectivity index (χ0n) is 13.7. The molecule has 1 heterocycles. The van der Waals surface area contributed by atoms with Crippen LogP contribution in [0.15, 0.2) is 59.1 Å². The van der Waals surface area contributed by atoms with E-state index in [9.17, 15) is 9.59 Å². The molecule has 1 fully saturated rings. The van der Waals surface area contributed by atoms with Gasteiger partial charge in [-0.05, 0) is 24.3 Å². The van der Waals surface area contributed by atoms with E-state index in [2.05, 4.69) is 21.2 Å². The maximum Gasteiger partial charge on any atom is 0.252 e. The Labute approximate surface area is 155 Å². The first-order valence-electron chi connectivity index (χ1n) is 8.12. The molecule has 2 aromatic rings. The second-order valence-electron chi connectivity index (χ2n) is 5.76. The molecular weight excluding hydrogens is 384 g/mol. The van der Waals surface area contributed by atoms with Crippen LogP contribution in [0.25, 0.3) is 0 Å². The number of carbonyl (C=O) groups excluding carboxylic acids is 2. The van der Waals surface area contributed by atoms with E-state index in [1.807, 2.05) is 23.1 Å². The van der Waals surface area contributed by atoms with Gasteiger partial charge in [0.2, 0.25) is 0 Å². The summed E-state index contributed by atoms with van der Waals surface area (Å²) in [6.45, 7) is 2.30. The molecule has 1 aliphatic heterocycles. The van der Waals surface area contributed by atoms with E-state index in [-0.39, 0.29) is 11.7 Å². The summed E-state index contributed by atoms with van der Waals surface area (Å²) in [6.07, 6.45) is -0.706. The van der Waals surface area contributed by atoms with Crippen molar-refractivity contribution in [2.45, 2.75) is 6.17 Å². The summed E-state index contributed by atoms with van der Waals surface area (Å²) in [4.78, 5) is 27.5. The highest BCUT2D eigenvalue weighted by molar-refractivity contribution is 9.10. The molecule has 0 unspecified atom stereocenters. The Morgan fingerprint density at radius 3 is 2.24 bits per heavy atom. The Morgan fingerprint density at radius 2 is 1.60 bits per heavy atom. The molecule has 1 aliphatic rings. The molecule has 0 aromatic heterocycles. The summed E-state index contributed by atoms with van der Waals surface area (Å²) in [5.41, 5.74) is 1.09. The maximum atomic E-state index is 13.0. The Morgan fingerprint density at radius 1 is 0.960 bits per heavy atom. The summed E-state index contributed by atoms with van der Waals surface area (Å²) in [6, 6.07) is 16.1. The van der Waals surface area contributed by atoms with Gasteiger partial charge in [-0.3, -0.25) is 14.5 Å². The number of halogens is 1. The van der Waals surface area contributed by atoms with Crippen molar-refractivity contribution < 1.29 is 14.3 Å². The Kier molecular flexibility index (Phi) is 5.96. The van der Waals surface area contributed by atoms with Gasteiger partial charge in [0, 0.05) is 28.7 Å². The zero-order valence-corrected chi connectivity index (χ0v) is 15.2. The molecule has 1 amide bonds. The number of morpholine rings is 1. The number of Topliss-reactive ketones (excluding diaryl/α,β-unsaturated/α-hetero) is 1. The summed E-state index contributed by atoms with van der Waals surface area (Å²) >= 11 is 3.35. The van der Waals surface area contributed by atoms with Crippen LogP contribution in [0.5, 0.6) is 0 Å². The Hall–Kier alpha value is -2.02. The minimum Gasteiger partial charge on any atom is -0.379 e. The van der Waals surface area contributed by atoms with Crippen LogP contribution in [0.4, 0.5) is 0 Å². The van der Waals surface area contributed by atoms with Crippen LogP contribution < -0.4 is 5.32 Å². The van der Waals surface area contributed by atoms with Crippen LogP contribution in [-0.2, 0) is 4.74 Å². The van der Waals surface area contributed by atoms with Crippen molar-refractivity contribution >= 4 is 27.6 Å². The molecule has 1 N–H and O–H groups in total. The molecule has 0 spiro atoms. The van der Waals surface area contributed by atoms with E-state index in [0.29, 0.717) is 37.4 Å². The number of benzene rings is 2. The number of rotatable bonds is 5. The molecule has 130 valence electrons. The highest BCUT2D eigenvalue weighted by atomic mass is 79.9. The van der Waals surface area contributed by atoms with Crippen LogP contribution in [0.2, 0.25) is 0 Å². The fraction of sp³-hybridized carbons (Fsp3) is 0.263. The standard InChI is InChI=1S/C19H19BrN2O3/c20-16-8-6-15(7-9-16)19(24)21-18(22-10-12-25-13-11-22)17(23)14-4-2-1-3-5-14/h1-9,18H,10-13H2,(H,21,24)/t18-/m1/s1. The van der Waals surface area contributed by atoms with E-state index in [1.54, 1.807) is 36.4 Å². The monoisotopic (exact) mass is 402 g/mol. The number of nitrogens with zero attached hydrogens (tertiary/aromatic N) is 1. The van der Waals surface area contributed by atoms with Crippen LogP contribution in [-0.4, -0.2) is 49.1 Å². The molecule has 0 saturated carbocycles. The lowest BCUT2D eigenvalue weighted by Gasteiger charge is -2.33. The summed E-state index contributed by atoms with van der Waals surface area (Å²) in [5, 5.41) is 2.89. The normalized spacial score (nSPS) is 16.2. The van der Waals surface area contributed by atoms with Crippen LogP contribution >= 0.6 is 15.9 Å². The van der Waals surface area contributed by atoms with E-state index in [1.165, 1.54) is 0 Å².